The molecule has 1 aromatic rings. The van der Waals surface area contributed by atoms with Crippen molar-refractivity contribution < 1.29 is 39.7 Å². The molecule has 1 aromatic heterocycles. The molecule has 11 N–H and O–H groups in total. The minimum atomic E-state index is -1.70. The topological polar surface area (TPSA) is 217 Å². The molecule has 1 heterocycles. The number of aromatic hydroxyl groups is 1. The second-order valence-corrected chi connectivity index (χ2v) is 7.74. The summed E-state index contributed by atoms with van der Waals surface area (Å²) < 4.78 is 1.72. The molecule has 11 nitrogen and oxygen atoms in total. The van der Waals surface area contributed by atoms with Gasteiger partial charge >= 0.3 is 11.9 Å². The van der Waals surface area contributed by atoms with Gasteiger partial charge in [-0.05, 0) is 25.7 Å². The highest BCUT2D eigenvalue weighted by Crippen LogP contribution is 2.23. The number of rotatable bonds is 13. The Labute approximate surface area is 174 Å². The van der Waals surface area contributed by atoms with E-state index in [9.17, 15) is 24.9 Å². The molecule has 0 aliphatic heterocycles. The van der Waals surface area contributed by atoms with Gasteiger partial charge in [0.05, 0.1) is 6.04 Å². The van der Waals surface area contributed by atoms with Gasteiger partial charge in [-0.25, -0.2) is 4.57 Å². The Morgan fingerprint density at radius 1 is 1.00 bits per heavy atom. The minimum absolute atomic E-state index is 0.0568. The van der Waals surface area contributed by atoms with Crippen molar-refractivity contribution in [1.29, 1.82) is 0 Å². The standard InChI is InChI=1S/C19H32N4O7/c1-10(2-4-13(20)17(25)26)7-23-8-11(3-5-14(21)18(27)28)12(16(24)9-23)6-15(22)19(29)30/h8-10,13-15,18,27-28H,2-7,20-22H2,1H3,(H2-,24,25,26,29,30)/p+1. The van der Waals surface area contributed by atoms with Crippen molar-refractivity contribution in [3.63, 3.8) is 0 Å². The average Bonchev–Trinajstić information content (AvgIpc) is 2.65. The highest BCUT2D eigenvalue weighted by Gasteiger charge is 2.23. The highest BCUT2D eigenvalue weighted by molar-refractivity contribution is 5.74. The van der Waals surface area contributed by atoms with E-state index in [0.29, 0.717) is 30.5 Å². The summed E-state index contributed by atoms with van der Waals surface area (Å²) in [5, 5.41) is 46.8. The van der Waals surface area contributed by atoms with Gasteiger partial charge in [-0.15, -0.1) is 0 Å². The fourth-order valence-corrected chi connectivity index (χ4v) is 3.09. The molecule has 0 spiro atoms. The number of carbonyl (C=O) groups is 2. The number of aliphatic hydroxyl groups excluding tert-OH is 1. The second-order valence-electron chi connectivity index (χ2n) is 7.74. The van der Waals surface area contributed by atoms with Gasteiger partial charge in [0.25, 0.3) is 0 Å². The first-order valence-corrected chi connectivity index (χ1v) is 9.74. The molecule has 0 saturated carbocycles. The molecule has 4 unspecified atom stereocenters. The molecular formula is C19H33N4O7+. The van der Waals surface area contributed by atoms with E-state index in [1.54, 1.807) is 10.8 Å². The summed E-state index contributed by atoms with van der Waals surface area (Å²) in [6.45, 7) is 2.39. The van der Waals surface area contributed by atoms with Gasteiger partial charge in [0.15, 0.2) is 24.8 Å². The first-order valence-electron chi connectivity index (χ1n) is 9.74. The zero-order valence-electron chi connectivity index (χ0n) is 17.0. The molecule has 0 bridgehead atoms. The van der Waals surface area contributed by atoms with Crippen molar-refractivity contribution in [3.8, 4) is 5.75 Å². The third-order valence-corrected chi connectivity index (χ3v) is 4.99. The number of nitrogens with two attached hydrogens (primary N) is 3. The molecule has 4 atom stereocenters. The van der Waals surface area contributed by atoms with E-state index in [-0.39, 0.29) is 30.9 Å². The fourth-order valence-electron chi connectivity index (χ4n) is 3.09. The lowest BCUT2D eigenvalue weighted by Crippen LogP contribution is -2.39. The van der Waals surface area contributed by atoms with Crippen LogP contribution in [0.4, 0.5) is 0 Å². The van der Waals surface area contributed by atoms with Crippen molar-refractivity contribution in [2.75, 3.05) is 0 Å². The summed E-state index contributed by atoms with van der Waals surface area (Å²) in [4.78, 5) is 22.0. The van der Waals surface area contributed by atoms with Gasteiger partial charge in [-0.2, -0.15) is 0 Å². The van der Waals surface area contributed by atoms with Crippen molar-refractivity contribution in [2.45, 2.75) is 70.0 Å². The number of aryl methyl sites for hydroxylation is 1. The molecule has 0 amide bonds. The number of aliphatic hydroxyl groups is 2. The number of hydrogen-bond donors (Lipinski definition) is 8. The van der Waals surface area contributed by atoms with Crippen molar-refractivity contribution in [2.24, 2.45) is 23.1 Å². The molecular weight excluding hydrogens is 396 g/mol. The van der Waals surface area contributed by atoms with Gasteiger partial charge in [0, 0.05) is 23.5 Å². The zero-order chi connectivity index (χ0) is 23.0. The molecule has 0 saturated heterocycles. The number of hydrogen-bond acceptors (Lipinski definition) is 8. The van der Waals surface area contributed by atoms with Crippen molar-refractivity contribution >= 4 is 11.9 Å². The van der Waals surface area contributed by atoms with Gasteiger partial charge in [0.2, 0.25) is 6.20 Å². The maximum Gasteiger partial charge on any atom is 0.320 e. The number of carboxylic acids is 2. The van der Waals surface area contributed by atoms with Crippen LogP contribution in [-0.2, 0) is 29.0 Å². The molecule has 0 aromatic carbocycles. The van der Waals surface area contributed by atoms with Crippen LogP contribution in [0.1, 0.15) is 37.3 Å². The smallest absolute Gasteiger partial charge is 0.320 e. The predicted octanol–water partition coefficient (Wildman–Crippen LogP) is -1.97. The van der Waals surface area contributed by atoms with Crippen molar-refractivity contribution in [1.82, 2.24) is 0 Å². The van der Waals surface area contributed by atoms with Crippen LogP contribution < -0.4 is 21.8 Å². The van der Waals surface area contributed by atoms with Gasteiger partial charge < -0.3 is 42.7 Å². The number of carboxylic acid groups (broad SMARTS) is 2. The number of pyridine rings is 1. The van der Waals surface area contributed by atoms with E-state index < -0.39 is 36.4 Å². The Morgan fingerprint density at radius 2 is 1.60 bits per heavy atom. The first-order chi connectivity index (χ1) is 13.9. The van der Waals surface area contributed by atoms with E-state index in [2.05, 4.69) is 0 Å². The Bertz CT molecular complexity index is 729. The third-order valence-electron chi connectivity index (χ3n) is 4.99. The lowest BCUT2D eigenvalue weighted by Gasteiger charge is -2.17. The maximum absolute atomic E-state index is 11.1. The summed E-state index contributed by atoms with van der Waals surface area (Å²) >= 11 is 0. The summed E-state index contributed by atoms with van der Waals surface area (Å²) in [6.07, 6.45) is 2.73. The molecule has 1 rings (SSSR count). The van der Waals surface area contributed by atoms with Gasteiger partial charge in [0.1, 0.15) is 12.1 Å². The second kappa shape index (κ2) is 11.8. The van der Waals surface area contributed by atoms with E-state index in [4.69, 9.17) is 27.4 Å². The summed E-state index contributed by atoms with van der Waals surface area (Å²) in [5.74, 6) is -2.34. The molecule has 30 heavy (non-hydrogen) atoms. The Balaban J connectivity index is 3.02. The van der Waals surface area contributed by atoms with Crippen LogP contribution >= 0.6 is 0 Å². The number of aliphatic carboxylic acids is 2. The molecule has 0 aliphatic rings. The van der Waals surface area contributed by atoms with Crippen LogP contribution in [0.5, 0.6) is 5.75 Å². The molecule has 11 heteroatoms. The quantitative estimate of drug-likeness (QED) is 0.128. The van der Waals surface area contributed by atoms with E-state index in [0.717, 1.165) is 0 Å². The molecule has 0 fully saturated rings. The summed E-state index contributed by atoms with van der Waals surface area (Å²) in [6, 6.07) is -3.05. The van der Waals surface area contributed by atoms with Gasteiger partial charge in [-0.1, -0.05) is 6.92 Å². The normalized spacial score (nSPS) is 15.6. The average molecular weight is 429 g/mol. The SMILES string of the molecule is CC(CCC(N)C(=O)O)C[n+]1cc(O)c(CC(N)C(=O)O)c(CCC(N)C(O)O)c1. The summed E-state index contributed by atoms with van der Waals surface area (Å²) in [5.41, 5.74) is 17.8. The Morgan fingerprint density at radius 3 is 2.13 bits per heavy atom. The van der Waals surface area contributed by atoms with Crippen LogP contribution in [0.3, 0.4) is 0 Å². The maximum atomic E-state index is 11.1. The number of aromatic nitrogens is 1. The minimum Gasteiger partial charge on any atom is -0.503 e. The van der Waals surface area contributed by atoms with E-state index in [1.165, 1.54) is 6.20 Å². The predicted molar refractivity (Wildman–Crippen MR) is 106 cm³/mol. The van der Waals surface area contributed by atoms with Crippen LogP contribution in [0.2, 0.25) is 0 Å². The third kappa shape index (κ3) is 8.20. The summed E-state index contributed by atoms with van der Waals surface area (Å²) in [7, 11) is 0. The molecule has 0 aliphatic carbocycles. The lowest BCUT2D eigenvalue weighted by atomic mass is 9.96. The zero-order valence-corrected chi connectivity index (χ0v) is 17.0. The highest BCUT2D eigenvalue weighted by atomic mass is 16.5. The molecule has 0 radical (unpaired) electrons. The Kier molecular flexibility index (Phi) is 10.1. The molecule has 170 valence electrons. The van der Waals surface area contributed by atoms with Crippen LogP contribution in [-0.4, -0.2) is 61.9 Å². The van der Waals surface area contributed by atoms with Gasteiger partial charge in [-0.3, -0.25) is 9.59 Å². The van der Waals surface area contributed by atoms with Crippen molar-refractivity contribution in [3.05, 3.63) is 23.5 Å². The monoisotopic (exact) mass is 429 g/mol. The van der Waals surface area contributed by atoms with Crippen LogP contribution in [0.15, 0.2) is 12.4 Å². The van der Waals surface area contributed by atoms with Crippen LogP contribution in [0, 0.1) is 5.92 Å². The van der Waals surface area contributed by atoms with E-state index in [1.807, 2.05) is 6.92 Å². The first kappa shape index (κ1) is 25.7. The number of nitrogens with zero attached hydrogens (tertiary/aromatic N) is 1. The largest absolute Gasteiger partial charge is 0.503 e. The Hall–Kier alpha value is -2.31. The van der Waals surface area contributed by atoms with E-state index >= 15 is 0 Å². The fraction of sp³-hybridized carbons (Fsp3) is 0.632. The lowest BCUT2D eigenvalue weighted by molar-refractivity contribution is -0.703. The van der Waals surface area contributed by atoms with Crippen LogP contribution in [0.25, 0.3) is 0 Å².